The Balaban J connectivity index is 1.80. The van der Waals surface area contributed by atoms with E-state index >= 15 is 0 Å². The topological polar surface area (TPSA) is 80.9 Å². The average Bonchev–Trinajstić information content (AvgIpc) is 3.04. The van der Waals surface area contributed by atoms with Crippen molar-refractivity contribution in [3.8, 4) is 39.2 Å². The van der Waals surface area contributed by atoms with Crippen molar-refractivity contribution in [3.05, 3.63) is 69.2 Å². The Morgan fingerprint density at radius 1 is 1.00 bits per heavy atom. The zero-order chi connectivity index (χ0) is 19.0. The summed E-state index contributed by atoms with van der Waals surface area (Å²) in [6, 6.07) is 16.3. The highest BCUT2D eigenvalue weighted by Crippen LogP contribution is 2.29. The van der Waals surface area contributed by atoms with Gasteiger partial charge in [-0.2, -0.15) is 5.10 Å². The minimum Gasteiger partial charge on any atom is -0.493 e. The first-order valence-corrected chi connectivity index (χ1v) is 9.19. The predicted molar refractivity (Wildman–Crippen MR) is 106 cm³/mol. The number of hydrogen-bond acceptors (Lipinski definition) is 6. The van der Waals surface area contributed by atoms with E-state index in [1.165, 1.54) is 4.68 Å². The van der Waals surface area contributed by atoms with Gasteiger partial charge in [-0.25, -0.2) is 14.6 Å². The fourth-order valence-electron chi connectivity index (χ4n) is 2.62. The molecule has 0 aliphatic carbocycles. The van der Waals surface area contributed by atoms with E-state index in [-0.39, 0.29) is 22.0 Å². The molecule has 134 valence electrons. The first-order chi connectivity index (χ1) is 13.0. The van der Waals surface area contributed by atoms with Gasteiger partial charge in [0.15, 0.2) is 11.6 Å². The smallest absolute Gasteiger partial charge is 0.250 e. The lowest BCUT2D eigenvalue weighted by molar-refractivity contribution is 0.456. The molecule has 6 nitrogen and oxygen atoms in total. The zero-order valence-corrected chi connectivity index (χ0v) is 15.7. The van der Waals surface area contributed by atoms with Crippen molar-refractivity contribution in [2.75, 3.05) is 0 Å². The molecule has 0 aliphatic heterocycles. The molecule has 0 saturated heterocycles. The molecule has 0 atom stereocenters. The zero-order valence-electron chi connectivity index (χ0n) is 14.1. The number of aromatic hydroxyl groups is 1. The minimum atomic E-state index is -0.365. The Bertz CT molecular complexity index is 1170. The third-order valence-electron chi connectivity index (χ3n) is 3.93. The van der Waals surface area contributed by atoms with E-state index in [1.807, 2.05) is 30.3 Å². The Morgan fingerprint density at radius 2 is 1.70 bits per heavy atom. The summed E-state index contributed by atoms with van der Waals surface area (Å²) < 4.78 is 1.12. The van der Waals surface area contributed by atoms with Crippen LogP contribution in [-0.4, -0.2) is 24.9 Å². The number of rotatable bonds is 3. The first kappa shape index (κ1) is 17.4. The van der Waals surface area contributed by atoms with Gasteiger partial charge in [-0.15, -0.1) is 0 Å². The van der Waals surface area contributed by atoms with Crippen LogP contribution in [-0.2, 0) is 7.05 Å². The molecule has 0 aliphatic rings. The van der Waals surface area contributed by atoms with Crippen molar-refractivity contribution in [3.63, 3.8) is 0 Å². The van der Waals surface area contributed by atoms with Gasteiger partial charge in [0.1, 0.15) is 10.6 Å². The molecule has 2 aromatic heterocycles. The Morgan fingerprint density at radius 3 is 2.37 bits per heavy atom. The SMILES string of the molecule is Cn1nc(-c2ccc(Cl)cc2)nc1-c1c(O)nc(-c2ccccc2)sc1=O. The highest BCUT2D eigenvalue weighted by Gasteiger charge is 2.20. The maximum atomic E-state index is 12.7. The van der Waals surface area contributed by atoms with Gasteiger partial charge < -0.3 is 5.11 Å². The molecular weight excluding hydrogens is 384 g/mol. The molecule has 4 aromatic rings. The van der Waals surface area contributed by atoms with E-state index in [2.05, 4.69) is 15.1 Å². The fourth-order valence-corrected chi connectivity index (χ4v) is 3.60. The molecule has 0 unspecified atom stereocenters. The van der Waals surface area contributed by atoms with Crippen molar-refractivity contribution in [2.45, 2.75) is 0 Å². The standard InChI is InChI=1S/C19H13ClN4O2S/c1-24-16(21-15(23-24)11-7-9-13(20)10-8-11)14-17(25)22-18(27-19(14)26)12-5-3-2-4-6-12/h2-10,25H,1H3. The number of aryl methyl sites for hydroxylation is 1. The molecule has 2 heterocycles. The lowest BCUT2D eigenvalue weighted by Gasteiger charge is -2.04. The molecular formula is C19H13ClN4O2S. The van der Waals surface area contributed by atoms with Crippen molar-refractivity contribution in [1.82, 2.24) is 19.7 Å². The largest absolute Gasteiger partial charge is 0.493 e. The molecule has 0 saturated carbocycles. The van der Waals surface area contributed by atoms with Gasteiger partial charge in [-0.05, 0) is 24.3 Å². The van der Waals surface area contributed by atoms with Crippen LogP contribution in [0.5, 0.6) is 5.88 Å². The van der Waals surface area contributed by atoms with Crippen LogP contribution in [0, 0.1) is 0 Å². The van der Waals surface area contributed by atoms with Crippen LogP contribution < -0.4 is 4.74 Å². The van der Waals surface area contributed by atoms with Gasteiger partial charge in [0.25, 0.3) is 4.74 Å². The van der Waals surface area contributed by atoms with Gasteiger partial charge in [0.2, 0.25) is 5.88 Å². The molecule has 4 rings (SSSR count). The number of benzene rings is 2. The van der Waals surface area contributed by atoms with Crippen LogP contribution in [0.3, 0.4) is 0 Å². The van der Waals surface area contributed by atoms with Gasteiger partial charge in [0, 0.05) is 23.2 Å². The molecule has 8 heteroatoms. The highest BCUT2D eigenvalue weighted by atomic mass is 35.5. The molecule has 0 spiro atoms. The lowest BCUT2D eigenvalue weighted by atomic mass is 10.2. The van der Waals surface area contributed by atoms with E-state index in [0.717, 1.165) is 22.5 Å². The Kier molecular flexibility index (Phi) is 4.47. The maximum absolute atomic E-state index is 12.7. The highest BCUT2D eigenvalue weighted by molar-refractivity contribution is 7.12. The minimum absolute atomic E-state index is 0.0369. The van der Waals surface area contributed by atoms with E-state index in [4.69, 9.17) is 11.6 Å². The van der Waals surface area contributed by atoms with Gasteiger partial charge in [-0.3, -0.25) is 4.79 Å². The predicted octanol–water partition coefficient (Wildman–Crippen LogP) is 3.99. The van der Waals surface area contributed by atoms with Crippen LogP contribution in [0.1, 0.15) is 0 Å². The molecule has 27 heavy (non-hydrogen) atoms. The molecule has 0 radical (unpaired) electrons. The summed E-state index contributed by atoms with van der Waals surface area (Å²) in [7, 11) is 1.66. The molecule has 0 fully saturated rings. The van der Waals surface area contributed by atoms with Gasteiger partial charge in [-0.1, -0.05) is 53.3 Å². The number of halogens is 1. The molecule has 2 aromatic carbocycles. The summed E-state index contributed by atoms with van der Waals surface area (Å²) in [6.45, 7) is 0. The van der Waals surface area contributed by atoms with Gasteiger partial charge in [0.05, 0.1) is 0 Å². The van der Waals surface area contributed by atoms with Crippen molar-refractivity contribution < 1.29 is 5.11 Å². The van der Waals surface area contributed by atoms with Crippen LogP contribution in [0.4, 0.5) is 0 Å². The second-order valence-corrected chi connectivity index (χ2v) is 7.16. The van der Waals surface area contributed by atoms with Crippen LogP contribution in [0.2, 0.25) is 5.02 Å². The van der Waals surface area contributed by atoms with E-state index in [0.29, 0.717) is 15.9 Å². The number of nitrogens with zero attached hydrogens (tertiary/aromatic N) is 4. The third kappa shape index (κ3) is 3.34. The Hall–Kier alpha value is -3.03. The van der Waals surface area contributed by atoms with Crippen molar-refractivity contribution in [2.24, 2.45) is 7.05 Å². The summed E-state index contributed by atoms with van der Waals surface area (Å²) in [4.78, 5) is 21.3. The van der Waals surface area contributed by atoms with Crippen LogP contribution >= 0.6 is 22.9 Å². The average molecular weight is 397 g/mol. The second kappa shape index (κ2) is 6.94. The Labute approximate surface area is 163 Å². The quantitative estimate of drug-likeness (QED) is 0.566. The second-order valence-electron chi connectivity index (χ2n) is 5.76. The fraction of sp³-hybridized carbons (Fsp3) is 0.0526. The molecule has 0 amide bonds. The van der Waals surface area contributed by atoms with E-state index in [9.17, 15) is 9.90 Å². The first-order valence-electron chi connectivity index (χ1n) is 8.00. The number of aromatic nitrogens is 4. The number of hydrogen-bond donors (Lipinski definition) is 1. The third-order valence-corrected chi connectivity index (χ3v) is 5.10. The summed E-state index contributed by atoms with van der Waals surface area (Å²) in [5.74, 6) is 0.321. The van der Waals surface area contributed by atoms with Crippen molar-refractivity contribution in [1.29, 1.82) is 0 Å². The normalized spacial score (nSPS) is 10.9. The molecule has 0 bridgehead atoms. The van der Waals surface area contributed by atoms with E-state index in [1.54, 1.807) is 31.3 Å². The summed E-state index contributed by atoms with van der Waals surface area (Å²) >= 11 is 6.87. The summed E-state index contributed by atoms with van der Waals surface area (Å²) in [6.07, 6.45) is 0. The summed E-state index contributed by atoms with van der Waals surface area (Å²) in [5, 5.41) is 15.8. The maximum Gasteiger partial charge on any atom is 0.250 e. The molecule has 1 N–H and O–H groups in total. The van der Waals surface area contributed by atoms with Crippen LogP contribution in [0.25, 0.3) is 33.3 Å². The van der Waals surface area contributed by atoms with E-state index < -0.39 is 0 Å². The lowest BCUT2D eigenvalue weighted by Crippen LogP contribution is -2.07. The summed E-state index contributed by atoms with van der Waals surface area (Å²) in [5.41, 5.74) is 1.56. The van der Waals surface area contributed by atoms with Crippen LogP contribution in [0.15, 0.2) is 59.4 Å². The monoisotopic (exact) mass is 396 g/mol. The van der Waals surface area contributed by atoms with Crippen molar-refractivity contribution >= 4 is 22.9 Å². The van der Waals surface area contributed by atoms with Gasteiger partial charge >= 0.3 is 0 Å².